The van der Waals surface area contributed by atoms with Crippen LogP contribution in [0.2, 0.25) is 0 Å². The van der Waals surface area contributed by atoms with Gasteiger partial charge in [0.15, 0.2) is 0 Å². The maximum Gasteiger partial charge on any atom is 0.221 e. The summed E-state index contributed by atoms with van der Waals surface area (Å²) in [6.45, 7) is 0.234. The molecule has 0 fully saturated rings. The van der Waals surface area contributed by atoms with Crippen LogP contribution in [-0.2, 0) is 17.8 Å². The summed E-state index contributed by atoms with van der Waals surface area (Å²) < 4.78 is 18.6. The van der Waals surface area contributed by atoms with Crippen LogP contribution in [0.1, 0.15) is 11.1 Å². The van der Waals surface area contributed by atoms with Crippen molar-refractivity contribution >= 4 is 11.6 Å². The second kappa shape index (κ2) is 6.06. The summed E-state index contributed by atoms with van der Waals surface area (Å²) in [6.07, 6.45) is 0.0585. The van der Waals surface area contributed by atoms with Crippen molar-refractivity contribution in [2.75, 3.05) is 5.73 Å². The molecule has 2 aromatic rings. The minimum atomic E-state index is -0.459. The van der Waals surface area contributed by atoms with Gasteiger partial charge in [0.05, 0.1) is 6.42 Å². The average Bonchev–Trinajstić information content (AvgIpc) is 2.39. The van der Waals surface area contributed by atoms with Crippen molar-refractivity contribution in [1.29, 1.82) is 0 Å². The summed E-state index contributed by atoms with van der Waals surface area (Å²) >= 11 is 0. The first-order valence-corrected chi connectivity index (χ1v) is 6.08. The van der Waals surface area contributed by atoms with Gasteiger partial charge in [0.1, 0.15) is 18.2 Å². The van der Waals surface area contributed by atoms with Crippen LogP contribution in [0.25, 0.3) is 0 Å². The van der Waals surface area contributed by atoms with E-state index in [-0.39, 0.29) is 18.8 Å². The molecule has 4 nitrogen and oxygen atoms in total. The van der Waals surface area contributed by atoms with Crippen LogP contribution in [-0.4, -0.2) is 5.91 Å². The predicted octanol–water partition coefficient (Wildman–Crippen LogP) is 2.01. The zero-order valence-corrected chi connectivity index (χ0v) is 10.8. The van der Waals surface area contributed by atoms with E-state index in [1.165, 1.54) is 12.1 Å². The van der Waals surface area contributed by atoms with Crippen LogP contribution in [0.5, 0.6) is 5.75 Å². The van der Waals surface area contributed by atoms with Crippen LogP contribution in [0.15, 0.2) is 42.5 Å². The first kappa shape index (κ1) is 13.9. The van der Waals surface area contributed by atoms with Crippen LogP contribution >= 0.6 is 0 Å². The molecule has 0 bridgehead atoms. The Kier molecular flexibility index (Phi) is 4.20. The maximum absolute atomic E-state index is 13.0. The van der Waals surface area contributed by atoms with E-state index in [2.05, 4.69) is 0 Å². The second-order valence-corrected chi connectivity index (χ2v) is 4.42. The normalized spacial score (nSPS) is 10.2. The van der Waals surface area contributed by atoms with Crippen molar-refractivity contribution in [2.24, 2.45) is 5.73 Å². The van der Waals surface area contributed by atoms with Gasteiger partial charge in [-0.2, -0.15) is 0 Å². The highest BCUT2D eigenvalue weighted by Crippen LogP contribution is 2.21. The number of rotatable bonds is 5. The average molecular weight is 274 g/mol. The molecule has 0 aliphatic carbocycles. The minimum Gasteiger partial charge on any atom is -0.489 e. The number of anilines is 1. The van der Waals surface area contributed by atoms with E-state index in [1.807, 2.05) is 0 Å². The lowest BCUT2D eigenvalue weighted by atomic mass is 10.1. The number of halogens is 1. The lowest BCUT2D eigenvalue weighted by Gasteiger charge is -2.09. The molecule has 0 aliphatic rings. The van der Waals surface area contributed by atoms with Gasteiger partial charge in [-0.05, 0) is 41.5 Å². The molecule has 1 amide bonds. The first-order chi connectivity index (χ1) is 9.54. The lowest BCUT2D eigenvalue weighted by molar-refractivity contribution is -0.117. The van der Waals surface area contributed by atoms with Gasteiger partial charge in [-0.1, -0.05) is 12.1 Å². The SMILES string of the molecule is NC(=O)Cc1cc(OCc2cccc(F)c2)ccc1N. The number of amides is 1. The summed E-state index contributed by atoms with van der Waals surface area (Å²) in [6, 6.07) is 11.2. The number of hydrogen-bond acceptors (Lipinski definition) is 3. The van der Waals surface area contributed by atoms with E-state index in [0.29, 0.717) is 17.0 Å². The largest absolute Gasteiger partial charge is 0.489 e. The number of hydrogen-bond donors (Lipinski definition) is 2. The molecule has 0 aliphatic heterocycles. The van der Waals surface area contributed by atoms with Gasteiger partial charge < -0.3 is 16.2 Å². The Bertz CT molecular complexity index is 629. The summed E-state index contributed by atoms with van der Waals surface area (Å²) in [5, 5.41) is 0. The number of nitrogen functional groups attached to an aromatic ring is 1. The highest BCUT2D eigenvalue weighted by Gasteiger charge is 2.06. The first-order valence-electron chi connectivity index (χ1n) is 6.08. The van der Waals surface area contributed by atoms with Gasteiger partial charge in [-0.15, -0.1) is 0 Å². The van der Waals surface area contributed by atoms with Crippen molar-refractivity contribution in [3.8, 4) is 5.75 Å². The number of ether oxygens (including phenoxy) is 1. The molecule has 0 heterocycles. The fraction of sp³-hybridized carbons (Fsp3) is 0.133. The molecular formula is C15H15FN2O2. The highest BCUT2D eigenvalue weighted by molar-refractivity contribution is 5.78. The number of nitrogens with two attached hydrogens (primary N) is 2. The van der Waals surface area contributed by atoms with Crippen molar-refractivity contribution in [3.05, 3.63) is 59.4 Å². The third-order valence-corrected chi connectivity index (χ3v) is 2.77. The van der Waals surface area contributed by atoms with E-state index < -0.39 is 5.91 Å². The second-order valence-electron chi connectivity index (χ2n) is 4.42. The standard InChI is InChI=1S/C15H15FN2O2/c16-12-3-1-2-10(6-12)9-20-13-4-5-14(17)11(7-13)8-15(18)19/h1-7H,8-9,17H2,(H2,18,19). The van der Waals surface area contributed by atoms with E-state index >= 15 is 0 Å². The van der Waals surface area contributed by atoms with Gasteiger partial charge in [0.2, 0.25) is 5.91 Å². The van der Waals surface area contributed by atoms with Gasteiger partial charge >= 0.3 is 0 Å². The fourth-order valence-corrected chi connectivity index (χ4v) is 1.81. The predicted molar refractivity (Wildman–Crippen MR) is 74.5 cm³/mol. The summed E-state index contributed by atoms with van der Waals surface area (Å²) in [5.41, 5.74) is 12.7. The van der Waals surface area contributed by atoms with Gasteiger partial charge in [0.25, 0.3) is 0 Å². The Balaban J connectivity index is 2.08. The Hall–Kier alpha value is -2.56. The molecule has 4 N–H and O–H groups in total. The third kappa shape index (κ3) is 3.71. The summed E-state index contributed by atoms with van der Waals surface area (Å²) in [4.78, 5) is 10.9. The van der Waals surface area contributed by atoms with E-state index in [4.69, 9.17) is 16.2 Å². The molecule has 5 heteroatoms. The van der Waals surface area contributed by atoms with Crippen LogP contribution in [0.4, 0.5) is 10.1 Å². The highest BCUT2D eigenvalue weighted by atomic mass is 19.1. The molecule has 0 aromatic heterocycles. The molecule has 0 saturated carbocycles. The van der Waals surface area contributed by atoms with Gasteiger partial charge in [-0.25, -0.2) is 4.39 Å². The molecule has 2 rings (SSSR count). The van der Waals surface area contributed by atoms with Gasteiger partial charge in [0, 0.05) is 5.69 Å². The zero-order chi connectivity index (χ0) is 14.5. The third-order valence-electron chi connectivity index (χ3n) is 2.77. The molecule has 0 radical (unpaired) electrons. The Morgan fingerprint density at radius 1 is 1.20 bits per heavy atom. The van der Waals surface area contributed by atoms with E-state index in [9.17, 15) is 9.18 Å². The Labute approximate surface area is 116 Å². The van der Waals surface area contributed by atoms with Crippen molar-refractivity contribution in [1.82, 2.24) is 0 Å². The molecule has 0 saturated heterocycles. The lowest BCUT2D eigenvalue weighted by Crippen LogP contribution is -2.14. The Morgan fingerprint density at radius 2 is 2.00 bits per heavy atom. The maximum atomic E-state index is 13.0. The van der Waals surface area contributed by atoms with Gasteiger partial charge in [-0.3, -0.25) is 4.79 Å². The quantitative estimate of drug-likeness (QED) is 0.819. The van der Waals surface area contributed by atoms with E-state index in [1.54, 1.807) is 30.3 Å². The van der Waals surface area contributed by atoms with Crippen LogP contribution < -0.4 is 16.2 Å². The molecule has 2 aromatic carbocycles. The molecular weight excluding hydrogens is 259 g/mol. The Morgan fingerprint density at radius 3 is 2.70 bits per heavy atom. The number of carbonyl (C=O) groups is 1. The molecule has 0 unspecified atom stereocenters. The fourth-order valence-electron chi connectivity index (χ4n) is 1.81. The van der Waals surface area contributed by atoms with Crippen molar-refractivity contribution < 1.29 is 13.9 Å². The van der Waals surface area contributed by atoms with Crippen molar-refractivity contribution in [3.63, 3.8) is 0 Å². The smallest absolute Gasteiger partial charge is 0.221 e. The molecule has 0 atom stereocenters. The topological polar surface area (TPSA) is 78.3 Å². The number of primary amides is 1. The van der Waals surface area contributed by atoms with E-state index in [0.717, 1.165) is 5.56 Å². The summed E-state index contributed by atoms with van der Waals surface area (Å²) in [7, 11) is 0. The molecule has 20 heavy (non-hydrogen) atoms. The van der Waals surface area contributed by atoms with Crippen molar-refractivity contribution in [2.45, 2.75) is 13.0 Å². The van der Waals surface area contributed by atoms with Crippen LogP contribution in [0, 0.1) is 5.82 Å². The molecule has 0 spiro atoms. The summed E-state index contributed by atoms with van der Waals surface area (Å²) in [5.74, 6) is -0.212. The minimum absolute atomic E-state index is 0.0585. The zero-order valence-electron chi connectivity index (χ0n) is 10.8. The number of carbonyl (C=O) groups excluding carboxylic acids is 1. The number of benzene rings is 2. The molecule has 104 valence electrons. The monoisotopic (exact) mass is 274 g/mol. The van der Waals surface area contributed by atoms with Crippen LogP contribution in [0.3, 0.4) is 0 Å².